The second-order valence-corrected chi connectivity index (χ2v) is 4.16. The Kier molecular flexibility index (Phi) is 6.15. The van der Waals surface area contributed by atoms with Gasteiger partial charge in [0, 0.05) is 6.54 Å². The lowest BCUT2D eigenvalue weighted by atomic mass is 10.2. The van der Waals surface area contributed by atoms with Crippen LogP contribution in [0.5, 0.6) is 0 Å². The average Bonchev–Trinajstić information content (AvgIpc) is 2.67. The topological polar surface area (TPSA) is 38.5 Å². The number of nitrogens with zero attached hydrogens (tertiary/aromatic N) is 1. The molecule has 0 aliphatic carbocycles. The number of hydrogen-bond acceptors (Lipinski definition) is 3. The third-order valence-electron chi connectivity index (χ3n) is 2.82. The molecule has 1 unspecified atom stereocenters. The molecule has 1 aliphatic heterocycles. The molecule has 0 aromatic heterocycles. The van der Waals surface area contributed by atoms with Crippen molar-refractivity contribution in [1.29, 1.82) is 0 Å². The highest BCUT2D eigenvalue weighted by atomic mass is 16.5. The minimum Gasteiger partial charge on any atom is -0.377 e. The Bertz CT molecular complexity index is 135. The van der Waals surface area contributed by atoms with Gasteiger partial charge in [0.05, 0.1) is 12.7 Å². The molecule has 1 aliphatic rings. The Morgan fingerprint density at radius 1 is 1.36 bits per heavy atom. The summed E-state index contributed by atoms with van der Waals surface area (Å²) in [5, 5.41) is 0. The fraction of sp³-hybridized carbons (Fsp3) is 1.00. The van der Waals surface area contributed by atoms with E-state index in [0.29, 0.717) is 6.10 Å². The molecule has 0 amide bonds. The quantitative estimate of drug-likeness (QED) is 0.671. The van der Waals surface area contributed by atoms with Gasteiger partial charge < -0.3 is 15.4 Å². The summed E-state index contributed by atoms with van der Waals surface area (Å²) in [5.41, 5.74) is 5.44. The lowest BCUT2D eigenvalue weighted by molar-refractivity contribution is 0.0465. The Balaban J connectivity index is 1.91. The van der Waals surface area contributed by atoms with E-state index < -0.39 is 0 Å². The van der Waals surface area contributed by atoms with Crippen molar-refractivity contribution in [2.45, 2.75) is 38.7 Å². The fourth-order valence-electron chi connectivity index (χ4n) is 1.88. The number of hydrogen-bond donors (Lipinski definition) is 1. The van der Waals surface area contributed by atoms with Gasteiger partial charge in [-0.15, -0.1) is 0 Å². The zero-order chi connectivity index (χ0) is 10.2. The third kappa shape index (κ3) is 4.94. The van der Waals surface area contributed by atoms with Crippen molar-refractivity contribution in [2.24, 2.45) is 5.73 Å². The first kappa shape index (κ1) is 12.0. The molecular weight excluding hydrogens is 176 g/mol. The van der Waals surface area contributed by atoms with Crippen molar-refractivity contribution < 1.29 is 4.74 Å². The first-order chi connectivity index (χ1) is 6.83. The van der Waals surface area contributed by atoms with Gasteiger partial charge in [0.25, 0.3) is 0 Å². The van der Waals surface area contributed by atoms with Crippen LogP contribution in [0, 0.1) is 0 Å². The standard InChI is InChI=1S/C11H24N2O/c1-11(5-4-6-12)14-10-9-13-7-2-3-8-13/h11H,2-10,12H2,1H3. The van der Waals surface area contributed by atoms with Crippen LogP contribution in [0.25, 0.3) is 0 Å². The summed E-state index contributed by atoms with van der Waals surface area (Å²) in [7, 11) is 0. The van der Waals surface area contributed by atoms with Gasteiger partial charge in [-0.05, 0) is 52.2 Å². The molecule has 0 spiro atoms. The molecule has 1 atom stereocenters. The number of ether oxygens (including phenoxy) is 1. The minimum atomic E-state index is 0.376. The third-order valence-corrected chi connectivity index (χ3v) is 2.82. The summed E-state index contributed by atoms with van der Waals surface area (Å²) in [6, 6.07) is 0. The maximum Gasteiger partial charge on any atom is 0.0597 e. The minimum absolute atomic E-state index is 0.376. The van der Waals surface area contributed by atoms with Gasteiger partial charge >= 0.3 is 0 Å². The Labute approximate surface area is 87.6 Å². The van der Waals surface area contributed by atoms with Gasteiger partial charge in [0.1, 0.15) is 0 Å². The molecule has 0 saturated carbocycles. The fourth-order valence-corrected chi connectivity index (χ4v) is 1.88. The van der Waals surface area contributed by atoms with Crippen molar-refractivity contribution in [3.63, 3.8) is 0 Å². The molecule has 0 aromatic carbocycles. The predicted molar refractivity (Wildman–Crippen MR) is 59.4 cm³/mol. The molecule has 1 rings (SSSR count). The zero-order valence-electron chi connectivity index (χ0n) is 9.37. The maximum absolute atomic E-state index is 5.71. The molecule has 2 N–H and O–H groups in total. The highest BCUT2D eigenvalue weighted by Crippen LogP contribution is 2.07. The van der Waals surface area contributed by atoms with Crippen molar-refractivity contribution in [3.05, 3.63) is 0 Å². The lowest BCUT2D eigenvalue weighted by Gasteiger charge is -2.17. The van der Waals surface area contributed by atoms with Crippen molar-refractivity contribution >= 4 is 0 Å². The first-order valence-electron chi connectivity index (χ1n) is 5.87. The van der Waals surface area contributed by atoms with Gasteiger partial charge in [0.2, 0.25) is 0 Å². The van der Waals surface area contributed by atoms with Crippen molar-refractivity contribution in [3.8, 4) is 0 Å². The van der Waals surface area contributed by atoms with Crippen LogP contribution in [0.1, 0.15) is 32.6 Å². The number of nitrogens with two attached hydrogens (primary N) is 1. The summed E-state index contributed by atoms with van der Waals surface area (Å²) >= 11 is 0. The second kappa shape index (κ2) is 7.21. The predicted octanol–water partition coefficient (Wildman–Crippen LogP) is 1.23. The molecule has 84 valence electrons. The van der Waals surface area contributed by atoms with Crippen LogP contribution in [0.15, 0.2) is 0 Å². The van der Waals surface area contributed by atoms with Gasteiger partial charge in [-0.2, -0.15) is 0 Å². The zero-order valence-corrected chi connectivity index (χ0v) is 9.37. The van der Waals surface area contributed by atoms with Crippen LogP contribution in [-0.2, 0) is 4.74 Å². The second-order valence-electron chi connectivity index (χ2n) is 4.16. The van der Waals surface area contributed by atoms with Crippen LogP contribution in [0.4, 0.5) is 0 Å². The summed E-state index contributed by atoms with van der Waals surface area (Å²) in [6.07, 6.45) is 5.27. The Morgan fingerprint density at radius 3 is 2.71 bits per heavy atom. The monoisotopic (exact) mass is 200 g/mol. The summed E-state index contributed by atoms with van der Waals surface area (Å²) in [4.78, 5) is 2.48. The normalized spacial score (nSPS) is 20.1. The van der Waals surface area contributed by atoms with Gasteiger partial charge in [-0.1, -0.05) is 0 Å². The first-order valence-corrected chi connectivity index (χ1v) is 5.87. The van der Waals surface area contributed by atoms with Crippen LogP contribution in [-0.4, -0.2) is 43.8 Å². The van der Waals surface area contributed by atoms with E-state index >= 15 is 0 Å². The van der Waals surface area contributed by atoms with E-state index in [9.17, 15) is 0 Å². The molecule has 1 fully saturated rings. The molecule has 1 saturated heterocycles. The SMILES string of the molecule is CC(CCCN)OCCN1CCCC1. The van der Waals surface area contributed by atoms with Crippen molar-refractivity contribution in [2.75, 3.05) is 32.8 Å². The van der Waals surface area contributed by atoms with Gasteiger partial charge in [-0.25, -0.2) is 0 Å². The molecule has 3 nitrogen and oxygen atoms in total. The molecule has 0 radical (unpaired) electrons. The van der Waals surface area contributed by atoms with E-state index in [4.69, 9.17) is 10.5 Å². The van der Waals surface area contributed by atoms with E-state index in [0.717, 1.165) is 32.5 Å². The largest absolute Gasteiger partial charge is 0.377 e. The van der Waals surface area contributed by atoms with Crippen LogP contribution < -0.4 is 5.73 Å². The smallest absolute Gasteiger partial charge is 0.0597 e. The van der Waals surface area contributed by atoms with Crippen LogP contribution >= 0.6 is 0 Å². The van der Waals surface area contributed by atoms with E-state index in [-0.39, 0.29) is 0 Å². The Morgan fingerprint density at radius 2 is 2.07 bits per heavy atom. The number of rotatable bonds is 7. The molecular formula is C11H24N2O. The lowest BCUT2D eigenvalue weighted by Crippen LogP contribution is -2.25. The molecule has 14 heavy (non-hydrogen) atoms. The summed E-state index contributed by atoms with van der Waals surface area (Å²) < 4.78 is 5.71. The maximum atomic E-state index is 5.71. The highest BCUT2D eigenvalue weighted by Gasteiger charge is 2.11. The Hall–Kier alpha value is -0.120. The molecule has 0 aromatic rings. The molecule has 3 heteroatoms. The van der Waals surface area contributed by atoms with Crippen LogP contribution in [0.3, 0.4) is 0 Å². The van der Waals surface area contributed by atoms with Gasteiger partial charge in [-0.3, -0.25) is 0 Å². The van der Waals surface area contributed by atoms with Gasteiger partial charge in [0.15, 0.2) is 0 Å². The summed E-state index contributed by atoms with van der Waals surface area (Å²) in [6.45, 7) is 7.43. The van der Waals surface area contributed by atoms with Crippen molar-refractivity contribution in [1.82, 2.24) is 4.90 Å². The van der Waals surface area contributed by atoms with E-state index in [1.165, 1.54) is 25.9 Å². The summed E-state index contributed by atoms with van der Waals surface area (Å²) in [5.74, 6) is 0. The van der Waals surface area contributed by atoms with Crippen LogP contribution in [0.2, 0.25) is 0 Å². The van der Waals surface area contributed by atoms with E-state index in [1.807, 2.05) is 0 Å². The average molecular weight is 200 g/mol. The van der Waals surface area contributed by atoms with E-state index in [2.05, 4.69) is 11.8 Å². The highest BCUT2D eigenvalue weighted by molar-refractivity contribution is 4.65. The molecule has 0 bridgehead atoms. The molecule has 1 heterocycles. The number of likely N-dealkylation sites (tertiary alicyclic amines) is 1. The van der Waals surface area contributed by atoms with E-state index in [1.54, 1.807) is 0 Å².